The van der Waals surface area contributed by atoms with Crippen LogP contribution in [0.15, 0.2) is 18.3 Å². The van der Waals surface area contributed by atoms with E-state index in [1.165, 1.54) is 11.1 Å². The second-order valence-corrected chi connectivity index (χ2v) is 6.65. The summed E-state index contributed by atoms with van der Waals surface area (Å²) in [6.07, 6.45) is 6.69. The number of anilines is 1. The van der Waals surface area contributed by atoms with Gasteiger partial charge in [-0.3, -0.25) is 0 Å². The van der Waals surface area contributed by atoms with E-state index in [0.29, 0.717) is 12.4 Å². The van der Waals surface area contributed by atoms with Crippen LogP contribution in [0.5, 0.6) is 17.2 Å². The number of hydrogen-bond donors (Lipinski definition) is 1. The number of nitrogens with zero attached hydrogens (tertiary/aromatic N) is 2. The maximum Gasteiger partial charge on any atom is 0.179 e. The molecule has 1 aromatic carbocycles. The van der Waals surface area contributed by atoms with E-state index in [-0.39, 0.29) is 0 Å². The van der Waals surface area contributed by atoms with Crippen molar-refractivity contribution in [2.24, 2.45) is 0 Å². The van der Waals surface area contributed by atoms with Crippen molar-refractivity contribution in [3.8, 4) is 17.2 Å². The molecule has 0 saturated heterocycles. The summed E-state index contributed by atoms with van der Waals surface area (Å²) >= 11 is 0. The lowest BCUT2D eigenvalue weighted by Gasteiger charge is -2.16. The second kappa shape index (κ2) is 11.4. The van der Waals surface area contributed by atoms with E-state index in [9.17, 15) is 0 Å². The molecule has 2 rings (SSSR count). The summed E-state index contributed by atoms with van der Waals surface area (Å²) in [7, 11) is 3.36. The highest BCUT2D eigenvalue weighted by Crippen LogP contribution is 2.34. The Kier molecular flexibility index (Phi) is 8.85. The number of methoxy groups -OCH3 is 2. The molecule has 0 aliphatic rings. The second-order valence-electron chi connectivity index (χ2n) is 6.65. The van der Waals surface area contributed by atoms with Gasteiger partial charge in [0.15, 0.2) is 23.1 Å². The lowest BCUT2D eigenvalue weighted by atomic mass is 9.99. The Morgan fingerprint density at radius 2 is 1.86 bits per heavy atom. The number of aryl methyl sites for hydroxylation is 2. The van der Waals surface area contributed by atoms with Gasteiger partial charge in [0.1, 0.15) is 5.82 Å². The molecule has 6 heteroatoms. The normalized spacial score (nSPS) is 10.6. The Labute approximate surface area is 168 Å². The van der Waals surface area contributed by atoms with Crippen molar-refractivity contribution in [2.75, 3.05) is 32.7 Å². The number of aromatic nitrogens is 2. The maximum atomic E-state index is 5.98. The molecule has 0 fully saturated rings. The minimum absolute atomic E-state index is 0.604. The Balaban J connectivity index is 1.98. The van der Waals surface area contributed by atoms with Gasteiger partial charge in [0, 0.05) is 12.1 Å². The molecule has 0 radical (unpaired) electrons. The van der Waals surface area contributed by atoms with E-state index in [0.717, 1.165) is 61.8 Å². The number of benzene rings is 1. The molecule has 0 bridgehead atoms. The van der Waals surface area contributed by atoms with Crippen molar-refractivity contribution in [3.05, 3.63) is 35.3 Å². The zero-order valence-corrected chi connectivity index (χ0v) is 17.8. The van der Waals surface area contributed by atoms with Crippen molar-refractivity contribution < 1.29 is 14.2 Å². The average molecular weight is 388 g/mol. The number of rotatable bonds is 12. The maximum absolute atomic E-state index is 5.98. The third-order valence-corrected chi connectivity index (χ3v) is 4.65. The summed E-state index contributed by atoms with van der Waals surface area (Å²) in [6.45, 7) is 7.68. The van der Waals surface area contributed by atoms with E-state index in [1.54, 1.807) is 20.4 Å². The van der Waals surface area contributed by atoms with Crippen molar-refractivity contribution in [1.29, 1.82) is 0 Å². The Hall–Kier alpha value is -2.50. The molecule has 28 heavy (non-hydrogen) atoms. The molecule has 2 aromatic rings. The van der Waals surface area contributed by atoms with Crippen molar-refractivity contribution in [2.45, 2.75) is 52.9 Å². The first-order valence-corrected chi connectivity index (χ1v) is 10.1. The number of nitrogens with one attached hydrogen (secondary N) is 1. The molecule has 0 aliphatic heterocycles. The van der Waals surface area contributed by atoms with Crippen LogP contribution in [-0.4, -0.2) is 37.3 Å². The quantitative estimate of drug-likeness (QED) is 0.538. The van der Waals surface area contributed by atoms with Crippen LogP contribution >= 0.6 is 0 Å². The molecule has 0 spiro atoms. The number of hydrogen-bond acceptors (Lipinski definition) is 6. The molecule has 0 unspecified atom stereocenters. The van der Waals surface area contributed by atoms with Crippen molar-refractivity contribution in [3.63, 3.8) is 0 Å². The van der Waals surface area contributed by atoms with Crippen LogP contribution in [0.25, 0.3) is 0 Å². The largest absolute Gasteiger partial charge is 0.493 e. The van der Waals surface area contributed by atoms with Gasteiger partial charge in [0.05, 0.1) is 27.0 Å². The molecule has 0 atom stereocenters. The Morgan fingerprint density at radius 1 is 1.04 bits per heavy atom. The van der Waals surface area contributed by atoms with E-state index in [2.05, 4.69) is 35.2 Å². The zero-order chi connectivity index (χ0) is 20.4. The molecule has 1 heterocycles. The Bertz CT molecular complexity index is 750. The molecule has 0 saturated carbocycles. The zero-order valence-electron chi connectivity index (χ0n) is 17.8. The lowest BCUT2D eigenvalue weighted by molar-refractivity contribution is 0.309. The van der Waals surface area contributed by atoms with Crippen LogP contribution in [0, 0.1) is 6.92 Å². The molecule has 6 nitrogen and oxygen atoms in total. The van der Waals surface area contributed by atoms with Gasteiger partial charge in [-0.2, -0.15) is 0 Å². The molecule has 154 valence electrons. The summed E-state index contributed by atoms with van der Waals surface area (Å²) in [5.41, 5.74) is 2.47. The first-order chi connectivity index (χ1) is 13.6. The standard InChI is InChI=1S/C22H33N3O3/c1-6-8-13-23-22-20(15-24-16(3)25-22)28-14-9-10-17-11-12-19(26-4)21(27-5)18(17)7-2/h11-12,15H,6-10,13-14H2,1-5H3,(H,23,24,25). The van der Waals surface area contributed by atoms with Gasteiger partial charge in [0.2, 0.25) is 0 Å². The molecule has 1 aromatic heterocycles. The number of unbranched alkanes of at least 4 members (excludes halogenated alkanes) is 1. The minimum Gasteiger partial charge on any atom is -0.493 e. The van der Waals surface area contributed by atoms with Gasteiger partial charge in [0.25, 0.3) is 0 Å². The summed E-state index contributed by atoms with van der Waals surface area (Å²) in [4.78, 5) is 8.74. The lowest BCUT2D eigenvalue weighted by Crippen LogP contribution is -2.09. The van der Waals surface area contributed by atoms with E-state index < -0.39 is 0 Å². The van der Waals surface area contributed by atoms with Gasteiger partial charge in [-0.15, -0.1) is 0 Å². The van der Waals surface area contributed by atoms with Crippen LogP contribution in [0.2, 0.25) is 0 Å². The van der Waals surface area contributed by atoms with Gasteiger partial charge in [-0.25, -0.2) is 9.97 Å². The van der Waals surface area contributed by atoms with Gasteiger partial charge in [-0.1, -0.05) is 26.3 Å². The first kappa shape index (κ1) is 21.8. The van der Waals surface area contributed by atoms with Crippen LogP contribution in [0.4, 0.5) is 5.82 Å². The third kappa shape index (κ3) is 5.75. The number of ether oxygens (including phenoxy) is 3. The van der Waals surface area contributed by atoms with E-state index in [4.69, 9.17) is 14.2 Å². The predicted molar refractivity (Wildman–Crippen MR) is 113 cm³/mol. The fourth-order valence-electron chi connectivity index (χ4n) is 3.17. The summed E-state index contributed by atoms with van der Waals surface area (Å²) in [5, 5.41) is 3.35. The molecule has 0 amide bonds. The monoisotopic (exact) mass is 387 g/mol. The third-order valence-electron chi connectivity index (χ3n) is 4.65. The van der Waals surface area contributed by atoms with Crippen LogP contribution < -0.4 is 19.5 Å². The minimum atomic E-state index is 0.604. The predicted octanol–water partition coefficient (Wildman–Crippen LogP) is 4.59. The van der Waals surface area contributed by atoms with E-state index in [1.807, 2.05) is 13.0 Å². The fourth-order valence-corrected chi connectivity index (χ4v) is 3.17. The smallest absolute Gasteiger partial charge is 0.179 e. The first-order valence-electron chi connectivity index (χ1n) is 10.1. The average Bonchev–Trinajstić information content (AvgIpc) is 2.71. The van der Waals surface area contributed by atoms with Gasteiger partial charge >= 0.3 is 0 Å². The van der Waals surface area contributed by atoms with Gasteiger partial charge in [-0.05, 0) is 44.2 Å². The highest BCUT2D eigenvalue weighted by molar-refractivity contribution is 5.51. The topological polar surface area (TPSA) is 65.5 Å². The molecule has 0 aliphatic carbocycles. The summed E-state index contributed by atoms with van der Waals surface area (Å²) in [6, 6.07) is 4.09. The fraction of sp³-hybridized carbons (Fsp3) is 0.545. The van der Waals surface area contributed by atoms with Crippen molar-refractivity contribution in [1.82, 2.24) is 9.97 Å². The van der Waals surface area contributed by atoms with E-state index >= 15 is 0 Å². The van der Waals surface area contributed by atoms with Crippen LogP contribution in [-0.2, 0) is 12.8 Å². The van der Waals surface area contributed by atoms with Crippen LogP contribution in [0.1, 0.15) is 50.1 Å². The summed E-state index contributed by atoms with van der Waals surface area (Å²) in [5.74, 6) is 3.84. The molecular weight excluding hydrogens is 354 g/mol. The van der Waals surface area contributed by atoms with Gasteiger partial charge < -0.3 is 19.5 Å². The van der Waals surface area contributed by atoms with Crippen LogP contribution in [0.3, 0.4) is 0 Å². The Morgan fingerprint density at radius 3 is 2.54 bits per heavy atom. The highest BCUT2D eigenvalue weighted by atomic mass is 16.5. The molecule has 1 N–H and O–H groups in total. The molecular formula is C22H33N3O3. The highest BCUT2D eigenvalue weighted by Gasteiger charge is 2.13. The van der Waals surface area contributed by atoms with Crippen molar-refractivity contribution >= 4 is 5.82 Å². The summed E-state index contributed by atoms with van der Waals surface area (Å²) < 4.78 is 17.0. The SMILES string of the molecule is CCCCNc1nc(C)ncc1OCCCc1ccc(OC)c(OC)c1CC.